The Labute approximate surface area is 292 Å². The summed E-state index contributed by atoms with van der Waals surface area (Å²) < 4.78 is 39.6. The average Bonchev–Trinajstić information content (AvgIpc) is 3.38. The maximum Gasteiger partial charge on any atom is 0.419 e. The maximum atomic E-state index is 14.8. The van der Waals surface area contributed by atoms with Crippen molar-refractivity contribution in [2.45, 2.75) is 117 Å². The van der Waals surface area contributed by atoms with Gasteiger partial charge in [-0.25, -0.2) is 14.5 Å². The topological polar surface area (TPSA) is 130 Å². The third kappa shape index (κ3) is 11.1. The number of benzene rings is 1. The van der Waals surface area contributed by atoms with Crippen LogP contribution in [0.2, 0.25) is 0 Å². The van der Waals surface area contributed by atoms with E-state index in [2.05, 4.69) is 10.00 Å². The number of rotatable bonds is 11. The average molecular weight is 705 g/mol. The molecule has 0 saturated carbocycles. The van der Waals surface area contributed by atoms with E-state index in [-0.39, 0.29) is 32.3 Å². The summed E-state index contributed by atoms with van der Waals surface area (Å²) in [7, 11) is -1.72. The van der Waals surface area contributed by atoms with Crippen LogP contribution in [0.1, 0.15) is 94.1 Å². The molecule has 0 N–H and O–H groups in total. The molecule has 2 aromatic rings. The first kappa shape index (κ1) is 40.2. The largest absolute Gasteiger partial charge is 0.459 e. The number of hydrogen-bond acceptors (Lipinski definition) is 10. The molecule has 2 atom stereocenters. The zero-order valence-electron chi connectivity index (χ0n) is 31.3. The zero-order chi connectivity index (χ0) is 36.8. The lowest BCUT2D eigenvalue weighted by atomic mass is 9.97. The maximum absolute atomic E-state index is 14.8. The van der Waals surface area contributed by atoms with Gasteiger partial charge in [0.1, 0.15) is 16.8 Å². The standard InChI is InChI=1S/C36H57N4O8P/c1-12-45-49(44)24-23-39(25-27-17-13-14-18-28(27)29-19-22-38(11)37-29)26-36(49,30(41)46-33(2,3)4)20-15-16-21-40(31(42)47-34(5,6)7)32(43)48-35(8,9)10/h13-14,17-19,22H,12,15-16,20-21,23-26H2,1-11H3. The number of esters is 1. The quantitative estimate of drug-likeness (QED) is 0.0996. The fourth-order valence-corrected chi connectivity index (χ4v) is 8.80. The molecule has 2 unspecified atom stereocenters. The third-order valence-electron chi connectivity index (χ3n) is 7.82. The van der Waals surface area contributed by atoms with Crippen LogP contribution in [-0.2, 0) is 41.7 Å². The summed E-state index contributed by atoms with van der Waals surface area (Å²) in [5, 5.41) is 3.12. The minimum absolute atomic E-state index is 0.0195. The molecule has 274 valence electrons. The minimum Gasteiger partial charge on any atom is -0.459 e. The van der Waals surface area contributed by atoms with Gasteiger partial charge in [0.2, 0.25) is 7.37 Å². The van der Waals surface area contributed by atoms with Crippen molar-refractivity contribution in [2.24, 2.45) is 7.05 Å². The molecule has 1 aromatic heterocycles. The van der Waals surface area contributed by atoms with E-state index in [1.165, 1.54) is 0 Å². The van der Waals surface area contributed by atoms with Gasteiger partial charge >= 0.3 is 18.2 Å². The van der Waals surface area contributed by atoms with Crippen molar-refractivity contribution in [1.82, 2.24) is 19.6 Å². The summed E-state index contributed by atoms with van der Waals surface area (Å²) in [4.78, 5) is 43.6. The zero-order valence-corrected chi connectivity index (χ0v) is 32.2. The van der Waals surface area contributed by atoms with Gasteiger partial charge in [-0.3, -0.25) is 18.9 Å². The summed E-state index contributed by atoms with van der Waals surface area (Å²) in [5.41, 5.74) is 0.352. The van der Waals surface area contributed by atoms with Crippen molar-refractivity contribution in [3.63, 3.8) is 0 Å². The van der Waals surface area contributed by atoms with Gasteiger partial charge in [0, 0.05) is 51.1 Å². The number of carbonyl (C=O) groups excluding carboxylic acids is 3. The normalized spacial score (nSPS) is 20.5. The van der Waals surface area contributed by atoms with E-state index in [0.717, 1.165) is 21.7 Å². The molecule has 3 rings (SSSR count). The van der Waals surface area contributed by atoms with Crippen LogP contribution < -0.4 is 0 Å². The molecule has 13 heteroatoms. The molecule has 2 heterocycles. The first-order valence-corrected chi connectivity index (χ1v) is 18.9. The van der Waals surface area contributed by atoms with Crippen LogP contribution in [0.3, 0.4) is 0 Å². The highest BCUT2D eigenvalue weighted by Gasteiger charge is 2.59. The van der Waals surface area contributed by atoms with E-state index in [4.69, 9.17) is 18.7 Å². The Bertz CT molecular complexity index is 1480. The highest BCUT2D eigenvalue weighted by molar-refractivity contribution is 7.62. The van der Waals surface area contributed by atoms with E-state index in [0.29, 0.717) is 25.9 Å². The second-order valence-electron chi connectivity index (χ2n) is 15.7. The van der Waals surface area contributed by atoms with Gasteiger partial charge in [-0.05, 0) is 100 Å². The van der Waals surface area contributed by atoms with Gasteiger partial charge in [0.15, 0.2) is 5.16 Å². The van der Waals surface area contributed by atoms with Crippen LogP contribution in [0.15, 0.2) is 36.5 Å². The molecule has 1 aromatic carbocycles. The smallest absolute Gasteiger partial charge is 0.419 e. The number of ether oxygens (including phenoxy) is 3. The Morgan fingerprint density at radius 2 is 1.49 bits per heavy atom. The van der Waals surface area contributed by atoms with Gasteiger partial charge in [-0.1, -0.05) is 24.3 Å². The highest BCUT2D eigenvalue weighted by Crippen LogP contribution is 2.64. The van der Waals surface area contributed by atoms with Crippen LogP contribution in [0.4, 0.5) is 9.59 Å². The molecule has 1 fully saturated rings. The molecule has 1 saturated heterocycles. The van der Waals surface area contributed by atoms with Crippen molar-refractivity contribution in [3.8, 4) is 11.3 Å². The first-order chi connectivity index (χ1) is 22.6. The minimum atomic E-state index is -3.59. The van der Waals surface area contributed by atoms with Crippen molar-refractivity contribution in [1.29, 1.82) is 0 Å². The van der Waals surface area contributed by atoms with Gasteiger partial charge in [-0.2, -0.15) is 5.10 Å². The monoisotopic (exact) mass is 704 g/mol. The number of amides is 2. The van der Waals surface area contributed by atoms with E-state index < -0.39 is 47.5 Å². The Hall–Kier alpha value is -3.21. The predicted molar refractivity (Wildman–Crippen MR) is 190 cm³/mol. The number of carbonyl (C=O) groups is 3. The van der Waals surface area contributed by atoms with E-state index >= 15 is 0 Å². The molecule has 0 aliphatic carbocycles. The molecule has 2 amide bonds. The van der Waals surface area contributed by atoms with Crippen LogP contribution >= 0.6 is 7.37 Å². The van der Waals surface area contributed by atoms with Crippen LogP contribution in [0, 0.1) is 0 Å². The van der Waals surface area contributed by atoms with Crippen molar-refractivity contribution in [3.05, 3.63) is 42.1 Å². The molecule has 0 radical (unpaired) electrons. The van der Waals surface area contributed by atoms with Crippen molar-refractivity contribution >= 4 is 25.5 Å². The second kappa shape index (κ2) is 15.8. The lowest BCUT2D eigenvalue weighted by Crippen LogP contribution is -2.56. The summed E-state index contributed by atoms with van der Waals surface area (Å²) in [6.07, 6.45) is 1.24. The van der Waals surface area contributed by atoms with Crippen LogP contribution in [0.5, 0.6) is 0 Å². The summed E-state index contributed by atoms with van der Waals surface area (Å²) in [5.74, 6) is -0.573. The fourth-order valence-electron chi connectivity index (χ4n) is 5.79. The molecule has 12 nitrogen and oxygen atoms in total. The van der Waals surface area contributed by atoms with E-state index in [1.54, 1.807) is 73.9 Å². The molecule has 49 heavy (non-hydrogen) atoms. The molecule has 0 spiro atoms. The van der Waals surface area contributed by atoms with E-state index in [1.807, 2.05) is 43.6 Å². The second-order valence-corrected chi connectivity index (χ2v) is 18.6. The summed E-state index contributed by atoms with van der Waals surface area (Å²) >= 11 is 0. The molecular formula is C36H57N4O8P. The van der Waals surface area contributed by atoms with Gasteiger partial charge in [-0.15, -0.1) is 0 Å². The SMILES string of the molecule is CCOP1(=O)CCN(Cc2ccccc2-c2ccn(C)n2)CC1(CCCCN(C(=O)OC(C)(C)C)C(=O)OC(C)(C)C)C(=O)OC(C)(C)C. The van der Waals surface area contributed by atoms with Gasteiger partial charge in [0.05, 0.1) is 12.3 Å². The van der Waals surface area contributed by atoms with Gasteiger partial charge in [0.25, 0.3) is 0 Å². The van der Waals surface area contributed by atoms with Gasteiger partial charge < -0.3 is 18.7 Å². The fraction of sp³-hybridized carbons (Fsp3) is 0.667. The highest BCUT2D eigenvalue weighted by atomic mass is 31.2. The Kier molecular flexibility index (Phi) is 12.9. The Morgan fingerprint density at radius 1 is 0.898 bits per heavy atom. The molecule has 0 bridgehead atoms. The number of unbranched alkanes of at least 4 members (excludes halogenated alkanes) is 1. The van der Waals surface area contributed by atoms with Crippen LogP contribution in [0.25, 0.3) is 11.3 Å². The first-order valence-electron chi connectivity index (χ1n) is 17.1. The lowest BCUT2D eigenvalue weighted by Gasteiger charge is -2.46. The predicted octanol–water partition coefficient (Wildman–Crippen LogP) is 7.64. The molecule has 1 aliphatic heterocycles. The van der Waals surface area contributed by atoms with Crippen molar-refractivity contribution in [2.75, 3.05) is 32.4 Å². The van der Waals surface area contributed by atoms with Crippen molar-refractivity contribution < 1.29 is 37.7 Å². The molecule has 1 aliphatic rings. The van der Waals surface area contributed by atoms with Crippen LogP contribution in [-0.4, -0.2) is 92.1 Å². The van der Waals surface area contributed by atoms with E-state index in [9.17, 15) is 18.9 Å². The lowest BCUT2D eigenvalue weighted by molar-refractivity contribution is -0.160. The number of hydrogen-bond donors (Lipinski definition) is 0. The Balaban J connectivity index is 1.94. The number of aryl methyl sites for hydroxylation is 1. The summed E-state index contributed by atoms with van der Waals surface area (Å²) in [6.45, 7) is 18.7. The third-order valence-corrected chi connectivity index (χ3v) is 11.1. The number of nitrogens with zero attached hydrogens (tertiary/aromatic N) is 4. The summed E-state index contributed by atoms with van der Waals surface area (Å²) in [6, 6.07) is 9.96. The number of aromatic nitrogens is 2. The Morgan fingerprint density at radius 3 is 2.02 bits per heavy atom. The molecular weight excluding hydrogens is 647 g/mol. The number of imide groups is 1.